The van der Waals surface area contributed by atoms with E-state index in [9.17, 15) is 34.2 Å². The number of aryl methyl sites for hydroxylation is 4. The highest BCUT2D eigenvalue weighted by Gasteiger charge is 2.76. The van der Waals surface area contributed by atoms with Crippen molar-refractivity contribution in [1.29, 1.82) is 0 Å². The van der Waals surface area contributed by atoms with Gasteiger partial charge in [0.05, 0.1) is 11.5 Å². The van der Waals surface area contributed by atoms with E-state index in [1.807, 2.05) is 26.8 Å². The molecule has 6 atom stereocenters. The van der Waals surface area contributed by atoms with Crippen LogP contribution in [-0.2, 0) is 51.3 Å². The van der Waals surface area contributed by atoms with Crippen molar-refractivity contribution in [3.63, 3.8) is 0 Å². The van der Waals surface area contributed by atoms with Crippen LogP contribution in [-0.4, -0.2) is 44.7 Å². The fourth-order valence-electron chi connectivity index (χ4n) is 10.1. The highest BCUT2D eigenvalue weighted by molar-refractivity contribution is 6.32. The zero-order valence-electron chi connectivity index (χ0n) is 28.1. The molecule has 0 saturated heterocycles. The van der Waals surface area contributed by atoms with E-state index in [0.717, 1.165) is 37.3 Å². The molecule has 6 rings (SSSR count). The van der Waals surface area contributed by atoms with Gasteiger partial charge >= 0.3 is 0 Å². The molecular weight excluding hydrogens is 580 g/mol. The highest BCUT2D eigenvalue weighted by atomic mass is 16.3. The monoisotopic (exact) mass is 626 g/mol. The Morgan fingerprint density at radius 2 is 1.63 bits per heavy atom. The van der Waals surface area contributed by atoms with Crippen LogP contribution in [0.2, 0.25) is 0 Å². The number of Topliss-reactive ketones (excluding diaryl/α,β-unsaturated/α-hetero) is 5. The zero-order chi connectivity index (χ0) is 33.7. The molecule has 0 spiro atoms. The Hall–Kier alpha value is -3.45. The van der Waals surface area contributed by atoms with Crippen LogP contribution in [0.15, 0.2) is 24.3 Å². The van der Waals surface area contributed by atoms with E-state index in [2.05, 4.69) is 18.2 Å². The summed E-state index contributed by atoms with van der Waals surface area (Å²) in [5, 5.41) is 24.0. The Morgan fingerprint density at radius 3 is 2.26 bits per heavy atom. The number of carbonyl (C=O) groups excluding carboxylic acids is 5. The quantitative estimate of drug-likeness (QED) is 0.406. The molecule has 2 saturated carbocycles. The summed E-state index contributed by atoms with van der Waals surface area (Å²) >= 11 is 0. The lowest BCUT2D eigenvalue weighted by atomic mass is 9.39. The van der Waals surface area contributed by atoms with Crippen molar-refractivity contribution in [2.24, 2.45) is 34.5 Å². The lowest BCUT2D eigenvalue weighted by Crippen LogP contribution is -2.76. The molecule has 0 aromatic heterocycles. The standard InChI is InChI=1S/C39H46O7/c1-19(2)26-16-25(14-12-22-11-13-23-9-8-10-24(23)15-22)32(41)29-27(26)17-37(6)18-38(7)30(20(3)4)33(42)28(21(5)40)35(44)39(38,46)36(45)31(37)34(29)43/h11,13,15-16,19-20,28,30-31,41,46H,8-10,12,14,17-18H2,1-7H3/t28?,30?,31?,37-,38-,39+/m1/s1. The molecule has 244 valence electrons. The van der Waals surface area contributed by atoms with Gasteiger partial charge in [-0.15, -0.1) is 0 Å². The molecule has 3 unspecified atom stereocenters. The van der Waals surface area contributed by atoms with E-state index in [1.165, 1.54) is 11.1 Å². The summed E-state index contributed by atoms with van der Waals surface area (Å²) in [6, 6.07) is 8.54. The van der Waals surface area contributed by atoms with Crippen LogP contribution >= 0.6 is 0 Å². The van der Waals surface area contributed by atoms with Crippen molar-refractivity contribution in [2.45, 2.75) is 105 Å². The largest absolute Gasteiger partial charge is 0.507 e. The van der Waals surface area contributed by atoms with Crippen molar-refractivity contribution >= 4 is 28.9 Å². The number of phenolic OH excluding ortho intramolecular Hbond substituents is 1. The third-order valence-corrected chi connectivity index (χ3v) is 12.0. The smallest absolute Gasteiger partial charge is 0.190 e. The lowest BCUT2D eigenvalue weighted by molar-refractivity contribution is -0.205. The Balaban J connectivity index is 1.46. The topological polar surface area (TPSA) is 126 Å². The van der Waals surface area contributed by atoms with E-state index in [0.29, 0.717) is 24.0 Å². The van der Waals surface area contributed by atoms with E-state index >= 15 is 0 Å². The number of hydrogen-bond donors (Lipinski definition) is 2. The molecule has 2 aromatic rings. The first kappa shape index (κ1) is 32.5. The summed E-state index contributed by atoms with van der Waals surface area (Å²) in [5.41, 5.74) is 1.03. The van der Waals surface area contributed by atoms with Crippen molar-refractivity contribution in [2.75, 3.05) is 0 Å². The minimum atomic E-state index is -2.69. The SMILES string of the molecule is CC(=O)C1C(=O)C(C(C)C)[C@@]2(C)C[C@@]3(C)Cc4c(C(C)C)cc(CCc5ccc6c(c5)CCC6)c(O)c4C(=O)C3C(=O)[C@@]2(O)C1=O. The average Bonchev–Trinajstić information content (AvgIpc) is 3.42. The van der Waals surface area contributed by atoms with Gasteiger partial charge in [0, 0.05) is 11.3 Å². The minimum absolute atomic E-state index is 0.0189. The molecule has 2 fully saturated rings. The van der Waals surface area contributed by atoms with Crippen LogP contribution in [0.4, 0.5) is 0 Å². The summed E-state index contributed by atoms with van der Waals surface area (Å²) in [6.07, 6.45) is 4.83. The second-order valence-electron chi connectivity index (χ2n) is 15.8. The zero-order valence-corrected chi connectivity index (χ0v) is 28.1. The number of phenols is 1. The Morgan fingerprint density at radius 1 is 0.957 bits per heavy atom. The highest BCUT2D eigenvalue weighted by Crippen LogP contribution is 2.64. The van der Waals surface area contributed by atoms with Gasteiger partial charge in [0.25, 0.3) is 0 Å². The molecule has 2 N–H and O–H groups in total. The maximum absolute atomic E-state index is 14.6. The van der Waals surface area contributed by atoms with E-state index in [-0.39, 0.29) is 36.0 Å². The van der Waals surface area contributed by atoms with Gasteiger partial charge in [-0.3, -0.25) is 24.0 Å². The second kappa shape index (κ2) is 10.8. The van der Waals surface area contributed by atoms with E-state index in [4.69, 9.17) is 0 Å². The van der Waals surface area contributed by atoms with Gasteiger partial charge < -0.3 is 10.2 Å². The normalized spacial score (nSPS) is 32.0. The Kier molecular flexibility index (Phi) is 7.63. The van der Waals surface area contributed by atoms with Gasteiger partial charge in [-0.1, -0.05) is 65.8 Å². The van der Waals surface area contributed by atoms with Gasteiger partial charge in [0.1, 0.15) is 17.5 Å². The van der Waals surface area contributed by atoms with Crippen molar-refractivity contribution in [3.8, 4) is 5.75 Å². The molecule has 4 aliphatic rings. The number of benzene rings is 2. The summed E-state index contributed by atoms with van der Waals surface area (Å²) < 4.78 is 0. The Bertz CT molecular complexity index is 1710. The van der Waals surface area contributed by atoms with Crippen LogP contribution in [0.3, 0.4) is 0 Å². The number of hydrogen-bond acceptors (Lipinski definition) is 7. The van der Waals surface area contributed by atoms with Gasteiger partial charge in [0.2, 0.25) is 0 Å². The molecule has 7 nitrogen and oxygen atoms in total. The fourth-order valence-corrected chi connectivity index (χ4v) is 10.1. The molecule has 0 amide bonds. The van der Waals surface area contributed by atoms with Crippen LogP contribution < -0.4 is 0 Å². The van der Waals surface area contributed by atoms with Crippen molar-refractivity contribution < 1.29 is 34.2 Å². The molecule has 0 radical (unpaired) electrons. The Labute approximate surface area is 271 Å². The van der Waals surface area contributed by atoms with Gasteiger partial charge in [-0.05, 0) is 103 Å². The number of carbonyl (C=O) groups is 5. The first-order valence-electron chi connectivity index (χ1n) is 16.9. The third-order valence-electron chi connectivity index (χ3n) is 12.0. The minimum Gasteiger partial charge on any atom is -0.507 e. The number of aliphatic hydroxyl groups is 1. The number of aromatic hydroxyl groups is 1. The maximum Gasteiger partial charge on any atom is 0.190 e. The second-order valence-corrected chi connectivity index (χ2v) is 15.8. The van der Waals surface area contributed by atoms with Gasteiger partial charge in [0.15, 0.2) is 28.7 Å². The number of ketones is 5. The summed E-state index contributed by atoms with van der Waals surface area (Å²) in [4.78, 5) is 69.5. The van der Waals surface area contributed by atoms with Crippen LogP contribution in [0.1, 0.15) is 111 Å². The maximum atomic E-state index is 14.6. The molecule has 4 aliphatic carbocycles. The average molecular weight is 627 g/mol. The van der Waals surface area contributed by atoms with Crippen LogP contribution in [0.25, 0.3) is 0 Å². The van der Waals surface area contributed by atoms with Gasteiger partial charge in [-0.2, -0.15) is 0 Å². The van der Waals surface area contributed by atoms with E-state index < -0.39 is 63.1 Å². The first-order valence-corrected chi connectivity index (χ1v) is 16.9. The molecule has 2 aromatic carbocycles. The molecule has 0 heterocycles. The number of fused-ring (bicyclic) bond motifs is 4. The third kappa shape index (κ3) is 4.36. The molecule has 0 aliphatic heterocycles. The van der Waals surface area contributed by atoms with E-state index in [1.54, 1.807) is 20.8 Å². The predicted octanol–water partition coefficient (Wildman–Crippen LogP) is 5.49. The van der Waals surface area contributed by atoms with Crippen LogP contribution in [0.5, 0.6) is 5.75 Å². The molecular formula is C39H46O7. The summed E-state index contributed by atoms with van der Waals surface area (Å²) in [6.45, 7) is 12.2. The summed E-state index contributed by atoms with van der Waals surface area (Å²) in [5.74, 6) is -8.57. The molecule has 0 bridgehead atoms. The molecule has 46 heavy (non-hydrogen) atoms. The van der Waals surface area contributed by atoms with Crippen molar-refractivity contribution in [3.05, 3.63) is 63.2 Å². The predicted molar refractivity (Wildman–Crippen MR) is 173 cm³/mol. The van der Waals surface area contributed by atoms with Crippen molar-refractivity contribution in [1.82, 2.24) is 0 Å². The van der Waals surface area contributed by atoms with Gasteiger partial charge in [-0.25, -0.2) is 0 Å². The summed E-state index contributed by atoms with van der Waals surface area (Å²) in [7, 11) is 0. The van der Waals surface area contributed by atoms with Crippen LogP contribution in [0, 0.1) is 34.5 Å². The fraction of sp³-hybridized carbons (Fsp3) is 0.564. The first-order chi connectivity index (χ1) is 21.5. The molecule has 7 heteroatoms. The lowest BCUT2D eigenvalue weighted by Gasteiger charge is -2.62. The number of rotatable bonds is 6.